The van der Waals surface area contributed by atoms with Crippen molar-refractivity contribution in [3.8, 4) is 11.6 Å². The first-order chi connectivity index (χ1) is 11.6. The van der Waals surface area contributed by atoms with Gasteiger partial charge in [-0.25, -0.2) is 13.8 Å². The number of aromatic nitrogens is 1. The summed E-state index contributed by atoms with van der Waals surface area (Å²) in [6.45, 7) is 0.0446. The van der Waals surface area contributed by atoms with Gasteiger partial charge >= 0.3 is 0 Å². The zero-order valence-electron chi connectivity index (χ0n) is 12.7. The fourth-order valence-corrected chi connectivity index (χ4v) is 1.79. The van der Waals surface area contributed by atoms with Crippen molar-refractivity contribution in [3.63, 3.8) is 0 Å². The fourth-order valence-electron chi connectivity index (χ4n) is 1.79. The van der Waals surface area contributed by atoms with Gasteiger partial charge in [0.25, 0.3) is 12.3 Å². The Kier molecular flexibility index (Phi) is 6.44. The number of amides is 1. The molecule has 0 radical (unpaired) electrons. The second-order valence-corrected chi connectivity index (χ2v) is 4.70. The van der Waals surface area contributed by atoms with E-state index >= 15 is 0 Å². The van der Waals surface area contributed by atoms with E-state index in [1.54, 1.807) is 24.3 Å². The molecule has 0 aliphatic carbocycles. The maximum Gasteiger partial charge on any atom is 0.272 e. The summed E-state index contributed by atoms with van der Waals surface area (Å²) < 4.78 is 34.4. The molecule has 3 N–H and O–H groups in total. The van der Waals surface area contributed by atoms with Gasteiger partial charge in [-0.05, 0) is 30.3 Å². The molecule has 2 rings (SSSR count). The summed E-state index contributed by atoms with van der Waals surface area (Å²) >= 11 is 0. The number of anilines is 1. The third-order valence-electron chi connectivity index (χ3n) is 2.85. The Hall–Kier alpha value is -2.74. The molecular formula is C16H17F2N3O3. The van der Waals surface area contributed by atoms with Crippen LogP contribution < -0.4 is 20.5 Å². The molecule has 0 bridgehead atoms. The number of pyridine rings is 1. The molecule has 1 heterocycles. The number of benzene rings is 1. The minimum atomic E-state index is -2.61. The normalized spacial score (nSPS) is 10.5. The number of hydrogen-bond donors (Lipinski definition) is 2. The smallest absolute Gasteiger partial charge is 0.272 e. The van der Waals surface area contributed by atoms with E-state index in [0.717, 1.165) is 0 Å². The molecular weight excluding hydrogens is 320 g/mol. The lowest BCUT2D eigenvalue weighted by Crippen LogP contribution is -2.13. The summed E-state index contributed by atoms with van der Waals surface area (Å²) in [5.41, 5.74) is 6.16. The highest BCUT2D eigenvalue weighted by atomic mass is 19.3. The zero-order valence-corrected chi connectivity index (χ0v) is 12.7. The SMILES string of the molecule is NCCOc1ccc(NC(=O)c2ccnc(OCC(F)F)c2)cc1. The molecule has 0 aliphatic rings. The van der Waals surface area contributed by atoms with Crippen molar-refractivity contribution in [1.29, 1.82) is 0 Å². The van der Waals surface area contributed by atoms with Crippen molar-refractivity contribution in [2.24, 2.45) is 5.73 Å². The topological polar surface area (TPSA) is 86.5 Å². The van der Waals surface area contributed by atoms with E-state index < -0.39 is 18.9 Å². The Morgan fingerprint density at radius 1 is 1.21 bits per heavy atom. The van der Waals surface area contributed by atoms with E-state index in [9.17, 15) is 13.6 Å². The van der Waals surface area contributed by atoms with Crippen LogP contribution in [-0.4, -0.2) is 37.1 Å². The molecule has 1 aromatic heterocycles. The number of carbonyl (C=O) groups is 1. The van der Waals surface area contributed by atoms with E-state index in [0.29, 0.717) is 24.6 Å². The van der Waals surface area contributed by atoms with E-state index in [-0.39, 0.29) is 11.4 Å². The highest BCUT2D eigenvalue weighted by Crippen LogP contribution is 2.17. The minimum absolute atomic E-state index is 0.0338. The fraction of sp³-hybridized carbons (Fsp3) is 0.250. The van der Waals surface area contributed by atoms with Gasteiger partial charge in [0.1, 0.15) is 12.4 Å². The van der Waals surface area contributed by atoms with Crippen LogP contribution in [0.15, 0.2) is 42.6 Å². The number of hydrogen-bond acceptors (Lipinski definition) is 5. The summed E-state index contributed by atoms with van der Waals surface area (Å²) in [4.78, 5) is 15.9. The van der Waals surface area contributed by atoms with Crippen LogP contribution >= 0.6 is 0 Å². The molecule has 8 heteroatoms. The standard InChI is InChI=1S/C16H17F2N3O3/c17-14(18)10-24-15-9-11(5-7-20-15)16(22)21-12-1-3-13(4-2-12)23-8-6-19/h1-5,7,9,14H,6,8,10,19H2,(H,21,22). The maximum absolute atomic E-state index is 12.2. The monoisotopic (exact) mass is 337 g/mol. The van der Waals surface area contributed by atoms with Gasteiger partial charge in [-0.2, -0.15) is 0 Å². The second-order valence-electron chi connectivity index (χ2n) is 4.70. The number of alkyl halides is 2. The van der Waals surface area contributed by atoms with E-state index in [4.69, 9.17) is 15.2 Å². The molecule has 0 spiro atoms. The van der Waals surface area contributed by atoms with Crippen molar-refractivity contribution in [1.82, 2.24) is 4.98 Å². The molecule has 1 aromatic carbocycles. The Balaban J connectivity index is 1.97. The summed E-state index contributed by atoms with van der Waals surface area (Å²) in [6, 6.07) is 9.53. The highest BCUT2D eigenvalue weighted by molar-refractivity contribution is 6.04. The van der Waals surface area contributed by atoms with Crippen molar-refractivity contribution in [2.45, 2.75) is 6.43 Å². The molecule has 128 valence electrons. The third kappa shape index (κ3) is 5.47. The Morgan fingerprint density at radius 3 is 2.62 bits per heavy atom. The third-order valence-corrected chi connectivity index (χ3v) is 2.85. The van der Waals surface area contributed by atoms with Crippen LogP contribution in [0.1, 0.15) is 10.4 Å². The van der Waals surface area contributed by atoms with Crippen LogP contribution in [0.3, 0.4) is 0 Å². The number of carbonyl (C=O) groups excluding carboxylic acids is 1. The average molecular weight is 337 g/mol. The molecule has 0 saturated carbocycles. The van der Waals surface area contributed by atoms with Crippen LogP contribution in [-0.2, 0) is 0 Å². The van der Waals surface area contributed by atoms with Crippen molar-refractivity contribution >= 4 is 11.6 Å². The number of nitrogens with one attached hydrogen (secondary N) is 1. The van der Waals surface area contributed by atoms with E-state index in [2.05, 4.69) is 10.3 Å². The Bertz CT molecular complexity index is 666. The molecule has 24 heavy (non-hydrogen) atoms. The molecule has 2 aromatic rings. The highest BCUT2D eigenvalue weighted by Gasteiger charge is 2.10. The summed E-state index contributed by atoms with van der Waals surface area (Å²) in [5, 5.41) is 2.68. The van der Waals surface area contributed by atoms with Crippen molar-refractivity contribution < 1.29 is 23.0 Å². The first-order valence-corrected chi connectivity index (χ1v) is 7.20. The van der Waals surface area contributed by atoms with Crippen LogP contribution in [0.25, 0.3) is 0 Å². The lowest BCUT2D eigenvalue weighted by atomic mass is 10.2. The minimum Gasteiger partial charge on any atom is -0.492 e. The largest absolute Gasteiger partial charge is 0.492 e. The van der Waals surface area contributed by atoms with Gasteiger partial charge in [0.05, 0.1) is 0 Å². The number of halogens is 2. The first-order valence-electron chi connectivity index (χ1n) is 7.20. The Morgan fingerprint density at radius 2 is 1.96 bits per heavy atom. The lowest BCUT2D eigenvalue weighted by Gasteiger charge is -2.09. The average Bonchev–Trinajstić information content (AvgIpc) is 2.59. The molecule has 0 fully saturated rings. The van der Waals surface area contributed by atoms with Gasteiger partial charge in [0.15, 0.2) is 6.61 Å². The number of nitrogens with two attached hydrogens (primary N) is 1. The predicted octanol–water partition coefficient (Wildman–Crippen LogP) is 2.32. The summed E-state index contributed by atoms with van der Waals surface area (Å²) in [7, 11) is 0. The number of nitrogens with zero attached hydrogens (tertiary/aromatic N) is 1. The van der Waals surface area contributed by atoms with Gasteiger partial charge in [-0.1, -0.05) is 0 Å². The first kappa shape index (κ1) is 17.6. The lowest BCUT2D eigenvalue weighted by molar-refractivity contribution is 0.0795. The predicted molar refractivity (Wildman–Crippen MR) is 84.7 cm³/mol. The summed E-state index contributed by atoms with van der Waals surface area (Å²) in [5.74, 6) is 0.202. The Labute approximate surface area is 137 Å². The van der Waals surface area contributed by atoms with Gasteiger partial charge in [-0.15, -0.1) is 0 Å². The van der Waals surface area contributed by atoms with Crippen molar-refractivity contribution in [2.75, 3.05) is 25.1 Å². The summed E-state index contributed by atoms with van der Waals surface area (Å²) in [6.07, 6.45) is -1.29. The zero-order chi connectivity index (χ0) is 17.4. The molecule has 0 saturated heterocycles. The van der Waals surface area contributed by atoms with E-state index in [1.807, 2.05) is 0 Å². The molecule has 6 nitrogen and oxygen atoms in total. The van der Waals surface area contributed by atoms with Crippen LogP contribution in [0.4, 0.5) is 14.5 Å². The molecule has 0 aliphatic heterocycles. The number of rotatable bonds is 8. The molecule has 1 amide bonds. The van der Waals surface area contributed by atoms with E-state index in [1.165, 1.54) is 18.3 Å². The maximum atomic E-state index is 12.2. The second kappa shape index (κ2) is 8.78. The van der Waals surface area contributed by atoms with Crippen LogP contribution in [0, 0.1) is 0 Å². The van der Waals surface area contributed by atoms with Gasteiger partial charge < -0.3 is 20.5 Å². The van der Waals surface area contributed by atoms with Gasteiger partial charge in [0, 0.05) is 30.1 Å². The number of ether oxygens (including phenoxy) is 2. The quantitative estimate of drug-likeness (QED) is 0.772. The van der Waals surface area contributed by atoms with Crippen LogP contribution in [0.5, 0.6) is 11.6 Å². The molecule has 0 unspecified atom stereocenters. The molecule has 0 atom stereocenters. The van der Waals surface area contributed by atoms with Gasteiger partial charge in [-0.3, -0.25) is 4.79 Å². The van der Waals surface area contributed by atoms with Crippen molar-refractivity contribution in [3.05, 3.63) is 48.2 Å². The van der Waals surface area contributed by atoms with Gasteiger partial charge in [0.2, 0.25) is 5.88 Å². The van der Waals surface area contributed by atoms with Crippen LogP contribution in [0.2, 0.25) is 0 Å².